The van der Waals surface area contributed by atoms with Gasteiger partial charge in [0.05, 0.1) is 5.41 Å². The summed E-state index contributed by atoms with van der Waals surface area (Å²) < 4.78 is 0. The summed E-state index contributed by atoms with van der Waals surface area (Å²) in [6.07, 6.45) is 0. The largest absolute Gasteiger partial charge is 0.356 e. The summed E-state index contributed by atoms with van der Waals surface area (Å²) in [4.78, 5) is 16.0. The van der Waals surface area contributed by atoms with Crippen molar-refractivity contribution in [1.29, 1.82) is 0 Å². The second-order valence-corrected chi connectivity index (χ2v) is 5.44. The van der Waals surface area contributed by atoms with Crippen LogP contribution in [0.5, 0.6) is 0 Å². The van der Waals surface area contributed by atoms with Crippen LogP contribution in [0.4, 0.5) is 0 Å². The van der Waals surface area contributed by atoms with Crippen LogP contribution < -0.4 is 16.0 Å². The number of guanidine groups is 1. The quantitative estimate of drug-likeness (QED) is 0.490. The van der Waals surface area contributed by atoms with E-state index in [9.17, 15) is 4.79 Å². The molecule has 5 heteroatoms. The molecule has 5 nitrogen and oxygen atoms in total. The third-order valence-corrected chi connectivity index (χ3v) is 2.55. The predicted octanol–water partition coefficient (Wildman–Crippen LogP) is 0.970. The van der Waals surface area contributed by atoms with E-state index >= 15 is 0 Å². The van der Waals surface area contributed by atoms with Crippen LogP contribution in [0.3, 0.4) is 0 Å². The molecule has 0 aliphatic rings. The van der Waals surface area contributed by atoms with Crippen LogP contribution in [-0.2, 0) is 4.79 Å². The minimum atomic E-state index is -0.453. The van der Waals surface area contributed by atoms with E-state index in [0.29, 0.717) is 19.0 Å². The van der Waals surface area contributed by atoms with Gasteiger partial charge >= 0.3 is 0 Å². The van der Waals surface area contributed by atoms with Crippen molar-refractivity contribution in [3.8, 4) is 0 Å². The molecule has 0 aromatic heterocycles. The molecule has 0 fully saturated rings. The second kappa shape index (κ2) is 7.95. The van der Waals surface area contributed by atoms with E-state index in [0.717, 1.165) is 12.5 Å². The summed E-state index contributed by atoms with van der Waals surface area (Å²) in [7, 11) is 1.73. The lowest BCUT2D eigenvalue weighted by molar-refractivity contribution is -0.128. The zero-order chi connectivity index (χ0) is 14.2. The molecule has 0 saturated carbocycles. The highest BCUT2D eigenvalue weighted by atomic mass is 16.2. The Morgan fingerprint density at radius 2 is 1.83 bits per heavy atom. The molecule has 0 spiro atoms. The van der Waals surface area contributed by atoms with E-state index < -0.39 is 5.41 Å². The van der Waals surface area contributed by atoms with Gasteiger partial charge in [0.2, 0.25) is 5.91 Å². The molecule has 0 aromatic carbocycles. The molecular weight excluding hydrogens is 228 g/mol. The van der Waals surface area contributed by atoms with Gasteiger partial charge in [-0.1, -0.05) is 13.8 Å². The van der Waals surface area contributed by atoms with Gasteiger partial charge in [-0.2, -0.15) is 0 Å². The number of nitrogens with zero attached hydrogens (tertiary/aromatic N) is 1. The van der Waals surface area contributed by atoms with Gasteiger partial charge < -0.3 is 16.0 Å². The van der Waals surface area contributed by atoms with E-state index in [4.69, 9.17) is 0 Å². The third kappa shape index (κ3) is 6.47. The molecule has 3 N–H and O–H groups in total. The first-order chi connectivity index (χ1) is 8.33. The second-order valence-electron chi connectivity index (χ2n) is 5.44. The van der Waals surface area contributed by atoms with Crippen molar-refractivity contribution in [2.75, 3.05) is 26.7 Å². The van der Waals surface area contributed by atoms with Crippen molar-refractivity contribution < 1.29 is 4.79 Å². The summed E-state index contributed by atoms with van der Waals surface area (Å²) in [5.41, 5.74) is -0.453. The minimum absolute atomic E-state index is 0.0526. The monoisotopic (exact) mass is 256 g/mol. The number of hydrogen-bond acceptors (Lipinski definition) is 2. The number of hydrogen-bond donors (Lipinski definition) is 3. The topological polar surface area (TPSA) is 65.5 Å². The predicted molar refractivity (Wildman–Crippen MR) is 76.7 cm³/mol. The molecule has 1 amide bonds. The average Bonchev–Trinajstić information content (AvgIpc) is 2.29. The first-order valence-electron chi connectivity index (χ1n) is 6.56. The van der Waals surface area contributed by atoms with Crippen molar-refractivity contribution in [2.45, 2.75) is 34.6 Å². The summed E-state index contributed by atoms with van der Waals surface area (Å²) in [6, 6.07) is 0. The summed E-state index contributed by atoms with van der Waals surface area (Å²) in [5.74, 6) is 1.35. The van der Waals surface area contributed by atoms with Crippen molar-refractivity contribution in [3.05, 3.63) is 0 Å². The average molecular weight is 256 g/mol. The van der Waals surface area contributed by atoms with Crippen LogP contribution in [-0.4, -0.2) is 38.5 Å². The molecule has 0 saturated heterocycles. The first kappa shape index (κ1) is 16.7. The lowest BCUT2D eigenvalue weighted by Crippen LogP contribution is -2.48. The van der Waals surface area contributed by atoms with Crippen molar-refractivity contribution in [2.24, 2.45) is 16.3 Å². The Hall–Kier alpha value is -1.26. The van der Waals surface area contributed by atoms with Gasteiger partial charge in [0.1, 0.15) is 0 Å². The minimum Gasteiger partial charge on any atom is -0.356 e. The van der Waals surface area contributed by atoms with E-state index in [2.05, 4.69) is 34.8 Å². The lowest BCUT2D eigenvalue weighted by Gasteiger charge is -2.25. The van der Waals surface area contributed by atoms with E-state index in [1.807, 2.05) is 20.8 Å². The Morgan fingerprint density at radius 1 is 1.22 bits per heavy atom. The van der Waals surface area contributed by atoms with Gasteiger partial charge in [0, 0.05) is 26.7 Å². The third-order valence-electron chi connectivity index (χ3n) is 2.55. The Labute approximate surface area is 111 Å². The van der Waals surface area contributed by atoms with Gasteiger partial charge in [-0.25, -0.2) is 0 Å². The molecule has 0 unspecified atom stereocenters. The van der Waals surface area contributed by atoms with Crippen LogP contribution in [0, 0.1) is 11.3 Å². The molecular formula is C13H28N4O. The number of aliphatic imine (C=N–C) groups is 1. The Bertz CT molecular complexity index is 285. The molecule has 0 radical (unpaired) electrons. The van der Waals surface area contributed by atoms with Gasteiger partial charge in [-0.3, -0.25) is 9.79 Å². The fourth-order valence-electron chi connectivity index (χ4n) is 1.31. The van der Waals surface area contributed by atoms with Crippen LogP contribution in [0.25, 0.3) is 0 Å². The SMILES string of the molecule is CCNC(=O)C(C)(C)CNC(=NC)NCC(C)C. The highest BCUT2D eigenvalue weighted by molar-refractivity contribution is 5.84. The van der Waals surface area contributed by atoms with E-state index in [1.54, 1.807) is 7.05 Å². The van der Waals surface area contributed by atoms with Crippen LogP contribution >= 0.6 is 0 Å². The number of carbonyl (C=O) groups is 1. The summed E-state index contributed by atoms with van der Waals surface area (Å²) >= 11 is 0. The van der Waals surface area contributed by atoms with Gasteiger partial charge in [-0.15, -0.1) is 0 Å². The highest BCUT2D eigenvalue weighted by Crippen LogP contribution is 2.13. The summed E-state index contributed by atoms with van der Waals surface area (Å²) in [6.45, 7) is 12.1. The van der Waals surface area contributed by atoms with Crippen LogP contribution in [0.15, 0.2) is 4.99 Å². The smallest absolute Gasteiger partial charge is 0.227 e. The molecule has 18 heavy (non-hydrogen) atoms. The maximum atomic E-state index is 11.8. The van der Waals surface area contributed by atoms with Crippen LogP contribution in [0.1, 0.15) is 34.6 Å². The fourth-order valence-corrected chi connectivity index (χ4v) is 1.31. The number of rotatable bonds is 6. The molecule has 0 aliphatic heterocycles. The lowest BCUT2D eigenvalue weighted by atomic mass is 9.92. The number of nitrogens with one attached hydrogen (secondary N) is 3. The number of amides is 1. The molecule has 106 valence electrons. The summed E-state index contributed by atoms with van der Waals surface area (Å²) in [5, 5.41) is 9.24. The fraction of sp³-hybridized carbons (Fsp3) is 0.846. The van der Waals surface area contributed by atoms with Gasteiger partial charge in [0.15, 0.2) is 5.96 Å². The molecule has 0 heterocycles. The molecule has 0 rings (SSSR count). The standard InChI is InChI=1S/C13H28N4O/c1-7-15-11(18)13(4,5)9-17-12(14-6)16-8-10(2)3/h10H,7-9H2,1-6H3,(H,15,18)(H2,14,16,17). The molecule has 0 aliphatic carbocycles. The van der Waals surface area contributed by atoms with Gasteiger partial charge in [-0.05, 0) is 26.7 Å². The Balaban J connectivity index is 4.23. The molecule has 0 atom stereocenters. The zero-order valence-electron chi connectivity index (χ0n) is 12.6. The normalized spacial score (nSPS) is 12.5. The zero-order valence-corrected chi connectivity index (χ0v) is 12.6. The molecule has 0 aromatic rings. The van der Waals surface area contributed by atoms with Crippen molar-refractivity contribution in [3.63, 3.8) is 0 Å². The van der Waals surface area contributed by atoms with E-state index in [-0.39, 0.29) is 5.91 Å². The van der Waals surface area contributed by atoms with Crippen molar-refractivity contribution >= 4 is 11.9 Å². The van der Waals surface area contributed by atoms with Crippen LogP contribution in [0.2, 0.25) is 0 Å². The molecule has 0 bridgehead atoms. The highest BCUT2D eigenvalue weighted by Gasteiger charge is 2.27. The van der Waals surface area contributed by atoms with Gasteiger partial charge in [0.25, 0.3) is 0 Å². The maximum Gasteiger partial charge on any atom is 0.227 e. The Morgan fingerprint density at radius 3 is 2.28 bits per heavy atom. The maximum absolute atomic E-state index is 11.8. The van der Waals surface area contributed by atoms with Crippen molar-refractivity contribution in [1.82, 2.24) is 16.0 Å². The Kier molecular flexibility index (Phi) is 7.39. The first-order valence-corrected chi connectivity index (χ1v) is 6.56. The van der Waals surface area contributed by atoms with E-state index in [1.165, 1.54) is 0 Å². The number of carbonyl (C=O) groups excluding carboxylic acids is 1.